The Hall–Kier alpha value is -1.36. The Morgan fingerprint density at radius 2 is 1.72 bits per heavy atom. The van der Waals surface area contributed by atoms with Crippen molar-refractivity contribution in [1.82, 2.24) is 14.8 Å². The maximum Gasteiger partial charge on any atom is 0.276 e. The van der Waals surface area contributed by atoms with E-state index in [1.54, 1.807) is 0 Å². The number of oxazole rings is 1. The van der Waals surface area contributed by atoms with Gasteiger partial charge in [-0.2, -0.15) is 0 Å². The van der Waals surface area contributed by atoms with E-state index >= 15 is 0 Å². The Labute approximate surface area is 149 Å². The van der Waals surface area contributed by atoms with Gasteiger partial charge in [-0.15, -0.1) is 0 Å². The number of piperazine rings is 1. The minimum Gasteiger partial charge on any atom is -0.448 e. The smallest absolute Gasteiger partial charge is 0.276 e. The van der Waals surface area contributed by atoms with Gasteiger partial charge in [0.25, 0.3) is 5.91 Å². The number of nitrogens with zero attached hydrogens (tertiary/aromatic N) is 3. The summed E-state index contributed by atoms with van der Waals surface area (Å²) in [5.41, 5.74) is 0.984. The van der Waals surface area contributed by atoms with Crippen molar-refractivity contribution in [2.75, 3.05) is 26.2 Å². The van der Waals surface area contributed by atoms with E-state index in [9.17, 15) is 4.79 Å². The molecule has 0 radical (unpaired) electrons. The van der Waals surface area contributed by atoms with E-state index in [0.717, 1.165) is 43.9 Å². The summed E-state index contributed by atoms with van der Waals surface area (Å²) >= 11 is 0. The average molecular weight is 343 g/mol. The van der Waals surface area contributed by atoms with Crippen molar-refractivity contribution < 1.29 is 9.21 Å². The zero-order valence-electron chi connectivity index (χ0n) is 15.2. The quantitative estimate of drug-likeness (QED) is 0.847. The first-order valence-corrected chi connectivity index (χ1v) is 10.1. The van der Waals surface area contributed by atoms with Crippen LogP contribution in [0.2, 0.25) is 0 Å². The highest BCUT2D eigenvalue weighted by atomic mass is 16.3. The molecule has 1 aromatic rings. The van der Waals surface area contributed by atoms with Gasteiger partial charge in [0.05, 0.1) is 0 Å². The second-order valence-corrected chi connectivity index (χ2v) is 8.90. The zero-order chi connectivity index (χ0) is 17.0. The molecule has 1 amide bonds. The fraction of sp³-hybridized carbons (Fsp3) is 0.800. The van der Waals surface area contributed by atoms with E-state index < -0.39 is 0 Å². The maximum absolute atomic E-state index is 12.8. The molecule has 0 spiro atoms. The van der Waals surface area contributed by atoms with Crippen molar-refractivity contribution in [2.24, 2.45) is 17.8 Å². The second kappa shape index (κ2) is 5.83. The SMILES string of the molecule is CCc1ocnc1C(=O)N1CCN(C23CC4CC(CC(C4)C2)C3)CC1. The first-order chi connectivity index (χ1) is 12.2. The molecular weight excluding hydrogens is 314 g/mol. The van der Waals surface area contributed by atoms with E-state index in [2.05, 4.69) is 9.88 Å². The number of amides is 1. The number of aryl methyl sites for hydroxylation is 1. The highest BCUT2D eigenvalue weighted by molar-refractivity contribution is 5.93. The van der Waals surface area contributed by atoms with E-state index in [0.29, 0.717) is 23.4 Å². The number of aromatic nitrogens is 1. The number of rotatable bonds is 3. The molecule has 5 aliphatic rings. The van der Waals surface area contributed by atoms with Crippen LogP contribution in [0.15, 0.2) is 10.8 Å². The molecule has 5 nitrogen and oxygen atoms in total. The van der Waals surface area contributed by atoms with Crippen molar-refractivity contribution in [3.63, 3.8) is 0 Å². The van der Waals surface area contributed by atoms with Gasteiger partial charge in [0.15, 0.2) is 12.1 Å². The molecule has 4 aliphatic carbocycles. The fourth-order valence-corrected chi connectivity index (χ4v) is 6.68. The van der Waals surface area contributed by atoms with Crippen molar-refractivity contribution in [2.45, 2.75) is 57.4 Å². The predicted molar refractivity (Wildman–Crippen MR) is 94.3 cm³/mol. The molecule has 0 aromatic carbocycles. The van der Waals surface area contributed by atoms with Crippen LogP contribution in [0.5, 0.6) is 0 Å². The monoisotopic (exact) mass is 343 g/mol. The Morgan fingerprint density at radius 3 is 2.28 bits per heavy atom. The molecular formula is C20H29N3O2. The van der Waals surface area contributed by atoms with E-state index in [4.69, 9.17) is 4.42 Å². The molecule has 5 heteroatoms. The Bertz CT molecular complexity index is 624. The molecule has 136 valence electrons. The van der Waals surface area contributed by atoms with Crippen LogP contribution in [-0.2, 0) is 6.42 Å². The van der Waals surface area contributed by atoms with Gasteiger partial charge in [-0.05, 0) is 56.3 Å². The van der Waals surface area contributed by atoms with Gasteiger partial charge in [-0.25, -0.2) is 4.98 Å². The molecule has 5 fully saturated rings. The number of carbonyl (C=O) groups is 1. The molecule has 4 saturated carbocycles. The summed E-state index contributed by atoms with van der Waals surface area (Å²) < 4.78 is 5.34. The third-order valence-electron chi connectivity index (χ3n) is 7.41. The molecule has 1 aromatic heterocycles. The lowest BCUT2D eigenvalue weighted by Crippen LogP contribution is -2.64. The van der Waals surface area contributed by atoms with Crippen molar-refractivity contribution >= 4 is 5.91 Å². The minimum atomic E-state index is 0.0516. The Morgan fingerprint density at radius 1 is 1.12 bits per heavy atom. The van der Waals surface area contributed by atoms with Crippen LogP contribution in [0, 0.1) is 17.8 Å². The van der Waals surface area contributed by atoms with Gasteiger partial charge in [0.2, 0.25) is 0 Å². The van der Waals surface area contributed by atoms with Gasteiger partial charge >= 0.3 is 0 Å². The minimum absolute atomic E-state index is 0.0516. The number of hydrogen-bond acceptors (Lipinski definition) is 4. The lowest BCUT2D eigenvalue weighted by Gasteiger charge is -2.61. The zero-order valence-corrected chi connectivity index (χ0v) is 15.2. The molecule has 25 heavy (non-hydrogen) atoms. The summed E-state index contributed by atoms with van der Waals surface area (Å²) in [6.45, 7) is 5.71. The molecule has 0 unspecified atom stereocenters. The summed E-state index contributed by atoms with van der Waals surface area (Å²) in [5.74, 6) is 3.71. The molecule has 0 N–H and O–H groups in total. The maximum atomic E-state index is 12.8. The van der Waals surface area contributed by atoms with Gasteiger partial charge in [-0.1, -0.05) is 6.92 Å². The van der Waals surface area contributed by atoms with Gasteiger partial charge in [0, 0.05) is 38.1 Å². The lowest BCUT2D eigenvalue weighted by atomic mass is 9.52. The Kier molecular flexibility index (Phi) is 3.70. The second-order valence-electron chi connectivity index (χ2n) is 8.90. The molecule has 6 rings (SSSR count). The normalized spacial score (nSPS) is 37.6. The van der Waals surface area contributed by atoms with E-state index in [-0.39, 0.29) is 5.91 Å². The summed E-state index contributed by atoms with van der Waals surface area (Å²) in [4.78, 5) is 21.7. The van der Waals surface area contributed by atoms with Gasteiger partial charge in [0.1, 0.15) is 5.76 Å². The van der Waals surface area contributed by atoms with Gasteiger partial charge in [-0.3, -0.25) is 9.69 Å². The van der Waals surface area contributed by atoms with Crippen molar-refractivity contribution in [3.8, 4) is 0 Å². The van der Waals surface area contributed by atoms with Crippen LogP contribution >= 0.6 is 0 Å². The van der Waals surface area contributed by atoms with Crippen LogP contribution in [-0.4, -0.2) is 52.4 Å². The van der Waals surface area contributed by atoms with Crippen LogP contribution in [0.4, 0.5) is 0 Å². The predicted octanol–water partition coefficient (Wildman–Crippen LogP) is 2.96. The molecule has 4 bridgehead atoms. The summed E-state index contributed by atoms with van der Waals surface area (Å²) in [6.07, 6.45) is 10.8. The summed E-state index contributed by atoms with van der Waals surface area (Å²) in [5, 5.41) is 0. The first-order valence-electron chi connectivity index (χ1n) is 10.1. The van der Waals surface area contributed by atoms with E-state index in [1.807, 2.05) is 11.8 Å². The molecule has 1 aliphatic heterocycles. The highest BCUT2D eigenvalue weighted by Gasteiger charge is 2.53. The van der Waals surface area contributed by atoms with Crippen LogP contribution in [0.25, 0.3) is 0 Å². The van der Waals surface area contributed by atoms with Crippen LogP contribution < -0.4 is 0 Å². The summed E-state index contributed by atoms with van der Waals surface area (Å²) in [7, 11) is 0. The molecule has 2 heterocycles. The van der Waals surface area contributed by atoms with Crippen molar-refractivity contribution in [1.29, 1.82) is 0 Å². The van der Waals surface area contributed by atoms with Crippen LogP contribution in [0.3, 0.4) is 0 Å². The molecule has 1 saturated heterocycles. The number of carbonyl (C=O) groups excluding carboxylic acids is 1. The standard InChI is InChI=1S/C20H29N3O2/c1-2-17-18(21-13-25-17)19(24)22-3-5-23(6-4-22)20-10-14-7-15(11-20)9-16(8-14)12-20/h13-16H,2-12H2,1H3. The van der Waals surface area contributed by atoms with Crippen molar-refractivity contribution in [3.05, 3.63) is 17.8 Å². The van der Waals surface area contributed by atoms with Crippen LogP contribution in [0.1, 0.15) is 61.7 Å². The third kappa shape index (κ3) is 2.54. The lowest BCUT2D eigenvalue weighted by molar-refractivity contribution is -0.0987. The van der Waals surface area contributed by atoms with E-state index in [1.165, 1.54) is 44.9 Å². The highest BCUT2D eigenvalue weighted by Crippen LogP contribution is 2.57. The fourth-order valence-electron chi connectivity index (χ4n) is 6.68. The largest absolute Gasteiger partial charge is 0.448 e. The average Bonchev–Trinajstić information content (AvgIpc) is 3.09. The third-order valence-corrected chi connectivity index (χ3v) is 7.41. The number of hydrogen-bond donors (Lipinski definition) is 0. The Balaban J connectivity index is 1.27. The first kappa shape index (κ1) is 15.9. The summed E-state index contributed by atoms with van der Waals surface area (Å²) in [6, 6.07) is 0. The molecule has 0 atom stereocenters. The topological polar surface area (TPSA) is 49.6 Å². The van der Waals surface area contributed by atoms with Gasteiger partial charge < -0.3 is 9.32 Å².